The van der Waals surface area contributed by atoms with E-state index in [0.29, 0.717) is 12.2 Å². The molecule has 0 heterocycles. The number of carbonyl (C=O) groups is 2. The lowest BCUT2D eigenvalue weighted by Crippen LogP contribution is -2.49. The SMILES string of the molecule is CCO/C=C(\C)CC1([N+](=O)[O-])C(=O)c2ccccc2C1=O. The first-order chi connectivity index (χ1) is 9.95. The van der Waals surface area contributed by atoms with Crippen molar-refractivity contribution in [2.24, 2.45) is 0 Å². The number of benzene rings is 1. The molecule has 0 spiro atoms. The smallest absolute Gasteiger partial charge is 0.348 e. The van der Waals surface area contributed by atoms with Crippen LogP contribution < -0.4 is 0 Å². The number of ketones is 2. The van der Waals surface area contributed by atoms with Crippen LogP contribution in [0.1, 0.15) is 41.0 Å². The molecule has 0 N–H and O–H groups in total. The highest BCUT2D eigenvalue weighted by molar-refractivity contribution is 6.32. The van der Waals surface area contributed by atoms with E-state index in [1.807, 2.05) is 0 Å². The number of Topliss-reactive ketones (excluding diaryl/α,β-unsaturated/α-hetero) is 2. The highest BCUT2D eigenvalue weighted by Crippen LogP contribution is 2.36. The van der Waals surface area contributed by atoms with E-state index in [0.717, 1.165) is 0 Å². The Kier molecular flexibility index (Phi) is 3.88. The van der Waals surface area contributed by atoms with Crippen molar-refractivity contribution in [3.05, 3.63) is 57.3 Å². The molecule has 0 atom stereocenters. The molecule has 2 rings (SSSR count). The third kappa shape index (κ3) is 2.22. The predicted molar refractivity (Wildman–Crippen MR) is 74.8 cm³/mol. The molecule has 0 amide bonds. The quantitative estimate of drug-likeness (QED) is 0.359. The van der Waals surface area contributed by atoms with Crippen LogP contribution in [0.2, 0.25) is 0 Å². The largest absolute Gasteiger partial charge is 0.502 e. The van der Waals surface area contributed by atoms with Gasteiger partial charge in [0.1, 0.15) is 0 Å². The van der Waals surface area contributed by atoms with E-state index >= 15 is 0 Å². The van der Waals surface area contributed by atoms with Crippen LogP contribution in [0.15, 0.2) is 36.1 Å². The monoisotopic (exact) mass is 289 g/mol. The molecule has 110 valence electrons. The highest BCUT2D eigenvalue weighted by Gasteiger charge is 2.63. The molecule has 6 nitrogen and oxygen atoms in total. The first kappa shape index (κ1) is 14.9. The van der Waals surface area contributed by atoms with Crippen LogP contribution in [0.25, 0.3) is 0 Å². The van der Waals surface area contributed by atoms with Gasteiger partial charge in [0.2, 0.25) is 11.6 Å². The summed E-state index contributed by atoms with van der Waals surface area (Å²) in [5.41, 5.74) is -1.56. The number of ether oxygens (including phenoxy) is 1. The first-order valence-electron chi connectivity index (χ1n) is 6.55. The fourth-order valence-corrected chi connectivity index (χ4v) is 2.49. The van der Waals surface area contributed by atoms with Gasteiger partial charge in [-0.05, 0) is 19.4 Å². The molecular formula is C15H15NO5. The van der Waals surface area contributed by atoms with E-state index in [9.17, 15) is 19.7 Å². The maximum absolute atomic E-state index is 12.4. The Morgan fingerprint density at radius 3 is 2.24 bits per heavy atom. The molecule has 1 aliphatic rings. The predicted octanol–water partition coefficient (Wildman–Crippen LogP) is 2.41. The highest BCUT2D eigenvalue weighted by atomic mass is 16.6. The topological polar surface area (TPSA) is 86.5 Å². The van der Waals surface area contributed by atoms with Crippen LogP contribution >= 0.6 is 0 Å². The van der Waals surface area contributed by atoms with Crippen LogP contribution in [0.4, 0.5) is 0 Å². The van der Waals surface area contributed by atoms with Crippen LogP contribution in [0.5, 0.6) is 0 Å². The summed E-state index contributed by atoms with van der Waals surface area (Å²) in [5.74, 6) is -1.50. The fourth-order valence-electron chi connectivity index (χ4n) is 2.49. The number of rotatable bonds is 5. The molecule has 0 saturated heterocycles. The molecule has 1 aromatic rings. The van der Waals surface area contributed by atoms with Gasteiger partial charge < -0.3 is 4.74 Å². The summed E-state index contributed by atoms with van der Waals surface area (Å²) in [6.45, 7) is 3.78. The molecule has 21 heavy (non-hydrogen) atoms. The zero-order chi connectivity index (χ0) is 15.6. The van der Waals surface area contributed by atoms with Crippen molar-refractivity contribution in [3.8, 4) is 0 Å². The summed E-state index contributed by atoms with van der Waals surface area (Å²) in [7, 11) is 0. The molecule has 0 fully saturated rings. The summed E-state index contributed by atoms with van der Waals surface area (Å²) in [4.78, 5) is 35.6. The van der Waals surface area contributed by atoms with E-state index in [4.69, 9.17) is 4.74 Å². The van der Waals surface area contributed by atoms with Gasteiger partial charge in [-0.25, -0.2) is 0 Å². The van der Waals surface area contributed by atoms with Crippen molar-refractivity contribution in [1.29, 1.82) is 0 Å². The second-order valence-electron chi connectivity index (χ2n) is 4.92. The van der Waals surface area contributed by atoms with Crippen molar-refractivity contribution in [1.82, 2.24) is 0 Å². The lowest BCUT2D eigenvalue weighted by atomic mass is 9.87. The molecule has 0 unspecified atom stereocenters. The van der Waals surface area contributed by atoms with Gasteiger partial charge in [-0.15, -0.1) is 0 Å². The number of fused-ring (bicyclic) bond motifs is 1. The molecule has 0 radical (unpaired) electrons. The zero-order valence-corrected chi connectivity index (χ0v) is 11.8. The van der Waals surface area contributed by atoms with Crippen molar-refractivity contribution in [2.45, 2.75) is 25.8 Å². The normalized spacial score (nSPS) is 16.8. The Morgan fingerprint density at radius 1 is 1.29 bits per heavy atom. The van der Waals surface area contributed by atoms with Gasteiger partial charge in [-0.2, -0.15) is 0 Å². The lowest BCUT2D eigenvalue weighted by Gasteiger charge is -2.17. The number of carbonyl (C=O) groups excluding carboxylic acids is 2. The van der Waals surface area contributed by atoms with Crippen LogP contribution in [-0.2, 0) is 4.74 Å². The molecule has 1 aliphatic carbocycles. The van der Waals surface area contributed by atoms with Crippen molar-refractivity contribution in [3.63, 3.8) is 0 Å². The average Bonchev–Trinajstić information content (AvgIpc) is 2.68. The second kappa shape index (κ2) is 5.47. The summed E-state index contributed by atoms with van der Waals surface area (Å²) < 4.78 is 5.07. The molecule has 0 saturated carbocycles. The summed E-state index contributed by atoms with van der Waals surface area (Å²) in [5, 5.41) is 11.5. The number of hydrogen-bond donors (Lipinski definition) is 0. The standard InChI is InChI=1S/C15H15NO5/c1-3-21-9-10(2)8-15(16(19)20)13(17)11-6-4-5-7-12(11)14(15)18/h4-7,9H,3,8H2,1-2H3/b10-9+. The first-order valence-corrected chi connectivity index (χ1v) is 6.55. The second-order valence-corrected chi connectivity index (χ2v) is 4.92. The average molecular weight is 289 g/mol. The summed E-state index contributed by atoms with van der Waals surface area (Å²) in [6, 6.07) is 6.07. The molecule has 1 aromatic carbocycles. The van der Waals surface area contributed by atoms with E-state index in [2.05, 4.69) is 0 Å². The summed E-state index contributed by atoms with van der Waals surface area (Å²) in [6.07, 6.45) is 1.07. The minimum Gasteiger partial charge on any atom is -0.502 e. The molecule has 0 aromatic heterocycles. The number of nitrogens with zero attached hydrogens (tertiary/aromatic N) is 1. The van der Waals surface area contributed by atoms with E-state index < -0.39 is 22.0 Å². The Hall–Kier alpha value is -2.50. The molecule has 0 aliphatic heterocycles. The number of nitro groups is 1. The van der Waals surface area contributed by atoms with E-state index in [1.54, 1.807) is 26.0 Å². The van der Waals surface area contributed by atoms with Gasteiger partial charge >= 0.3 is 5.54 Å². The maximum atomic E-state index is 12.4. The third-order valence-corrected chi connectivity index (χ3v) is 3.47. The van der Waals surface area contributed by atoms with Crippen LogP contribution in [0.3, 0.4) is 0 Å². The lowest BCUT2D eigenvalue weighted by molar-refractivity contribution is -0.529. The minimum absolute atomic E-state index is 0.114. The minimum atomic E-state index is -2.26. The maximum Gasteiger partial charge on any atom is 0.348 e. The number of hydrogen-bond acceptors (Lipinski definition) is 5. The Balaban J connectivity index is 2.49. The van der Waals surface area contributed by atoms with Gasteiger partial charge in [0.05, 0.1) is 19.3 Å². The van der Waals surface area contributed by atoms with Gasteiger partial charge in [0.15, 0.2) is 0 Å². The van der Waals surface area contributed by atoms with Gasteiger partial charge in [-0.3, -0.25) is 19.7 Å². The van der Waals surface area contributed by atoms with Gasteiger partial charge in [0, 0.05) is 16.1 Å². The fraction of sp³-hybridized carbons (Fsp3) is 0.333. The van der Waals surface area contributed by atoms with Crippen LogP contribution in [0, 0.1) is 10.1 Å². The van der Waals surface area contributed by atoms with E-state index in [-0.39, 0.29) is 17.5 Å². The van der Waals surface area contributed by atoms with Crippen molar-refractivity contribution < 1.29 is 19.2 Å². The van der Waals surface area contributed by atoms with Gasteiger partial charge in [0.25, 0.3) is 0 Å². The Morgan fingerprint density at radius 2 is 1.81 bits per heavy atom. The Labute approximate surface area is 121 Å². The van der Waals surface area contributed by atoms with E-state index in [1.165, 1.54) is 18.4 Å². The zero-order valence-electron chi connectivity index (χ0n) is 11.8. The Bertz CT molecular complexity index is 612. The van der Waals surface area contributed by atoms with Crippen molar-refractivity contribution >= 4 is 11.6 Å². The third-order valence-electron chi connectivity index (χ3n) is 3.47. The molecular weight excluding hydrogens is 274 g/mol. The summed E-state index contributed by atoms with van der Waals surface area (Å²) >= 11 is 0. The van der Waals surface area contributed by atoms with Crippen molar-refractivity contribution in [2.75, 3.05) is 6.61 Å². The molecule has 6 heteroatoms. The van der Waals surface area contributed by atoms with Crippen LogP contribution in [-0.4, -0.2) is 28.6 Å². The molecule has 0 bridgehead atoms. The van der Waals surface area contributed by atoms with Gasteiger partial charge in [-0.1, -0.05) is 24.3 Å².